The summed E-state index contributed by atoms with van der Waals surface area (Å²) >= 11 is 5.16. The maximum Gasteiger partial charge on any atom is 0.336 e. The first-order valence-corrected chi connectivity index (χ1v) is 7.77. The van der Waals surface area contributed by atoms with Gasteiger partial charge in [-0.2, -0.15) is 14.9 Å². The molecule has 0 saturated heterocycles. The Morgan fingerprint density at radius 2 is 1.96 bits per heavy atom. The summed E-state index contributed by atoms with van der Waals surface area (Å²) in [6, 6.07) is 15.9. The molecule has 2 aromatic carbocycles. The van der Waals surface area contributed by atoms with Gasteiger partial charge in [-0.15, -0.1) is 0 Å². The van der Waals surface area contributed by atoms with Gasteiger partial charge in [-0.25, -0.2) is 9.89 Å². The van der Waals surface area contributed by atoms with E-state index in [4.69, 9.17) is 17.0 Å². The fraction of sp³-hybridized carbons (Fsp3) is 0.0588. The molecule has 0 fully saturated rings. The number of carboxylic acids is 1. The van der Waals surface area contributed by atoms with Crippen molar-refractivity contribution in [3.8, 4) is 5.75 Å². The average Bonchev–Trinajstić information content (AvgIpc) is 2.99. The molecule has 25 heavy (non-hydrogen) atoms. The molecule has 0 aliphatic carbocycles. The first-order chi connectivity index (χ1) is 12.1. The fourth-order valence-electron chi connectivity index (χ4n) is 2.13. The van der Waals surface area contributed by atoms with Gasteiger partial charge < -0.3 is 9.84 Å². The van der Waals surface area contributed by atoms with E-state index in [9.17, 15) is 9.90 Å². The van der Waals surface area contributed by atoms with Gasteiger partial charge in [0.2, 0.25) is 4.77 Å². The largest absolute Gasteiger partial charge is 0.486 e. The number of aromatic amines is 1. The number of hydrogen-bond acceptors (Lipinski definition) is 5. The van der Waals surface area contributed by atoms with Crippen molar-refractivity contribution in [1.29, 1.82) is 0 Å². The van der Waals surface area contributed by atoms with Crippen LogP contribution in [0.15, 0.2) is 59.7 Å². The van der Waals surface area contributed by atoms with Crippen molar-refractivity contribution in [3.05, 3.63) is 76.3 Å². The molecule has 0 spiro atoms. The second kappa shape index (κ2) is 7.54. The summed E-state index contributed by atoms with van der Waals surface area (Å²) in [5.41, 5.74) is 0.622. The fourth-order valence-corrected chi connectivity index (χ4v) is 2.32. The molecule has 0 unspecified atom stereocenters. The maximum atomic E-state index is 11.2. The Hall–Kier alpha value is -3.26. The van der Waals surface area contributed by atoms with Gasteiger partial charge in [-0.3, -0.25) is 0 Å². The Morgan fingerprint density at radius 3 is 2.72 bits per heavy atom. The quantitative estimate of drug-likeness (QED) is 0.524. The first kappa shape index (κ1) is 16.6. The summed E-state index contributed by atoms with van der Waals surface area (Å²) < 4.78 is 7.33. The molecule has 1 aromatic heterocycles. The van der Waals surface area contributed by atoms with E-state index >= 15 is 0 Å². The van der Waals surface area contributed by atoms with Crippen molar-refractivity contribution in [2.75, 3.05) is 0 Å². The lowest BCUT2D eigenvalue weighted by molar-refractivity contribution is 0.0696. The summed E-state index contributed by atoms with van der Waals surface area (Å²) in [6.07, 6.45) is 1.43. The lowest BCUT2D eigenvalue weighted by Gasteiger charge is -2.05. The normalized spacial score (nSPS) is 10.9. The molecule has 0 saturated carbocycles. The van der Waals surface area contributed by atoms with Crippen LogP contribution in [0.2, 0.25) is 0 Å². The zero-order chi connectivity index (χ0) is 17.6. The average molecular weight is 354 g/mol. The molecular formula is C17H14N4O3S. The van der Waals surface area contributed by atoms with Crippen molar-refractivity contribution in [1.82, 2.24) is 14.9 Å². The van der Waals surface area contributed by atoms with Crippen LogP contribution in [0.1, 0.15) is 21.7 Å². The molecule has 0 aliphatic heterocycles. The molecule has 7 nitrogen and oxygen atoms in total. The highest BCUT2D eigenvalue weighted by Crippen LogP contribution is 2.11. The summed E-state index contributed by atoms with van der Waals surface area (Å²) in [4.78, 5) is 11.2. The smallest absolute Gasteiger partial charge is 0.336 e. The molecule has 2 N–H and O–H groups in total. The van der Waals surface area contributed by atoms with Crippen molar-refractivity contribution in [2.24, 2.45) is 5.10 Å². The van der Waals surface area contributed by atoms with Crippen molar-refractivity contribution in [3.63, 3.8) is 0 Å². The number of benzene rings is 2. The Labute approximate surface area is 148 Å². The zero-order valence-corrected chi connectivity index (χ0v) is 13.8. The third-order valence-electron chi connectivity index (χ3n) is 3.33. The number of hydrogen-bond donors (Lipinski definition) is 2. The Bertz CT molecular complexity index is 963. The van der Waals surface area contributed by atoms with E-state index in [0.717, 1.165) is 0 Å². The van der Waals surface area contributed by atoms with E-state index < -0.39 is 5.97 Å². The molecule has 8 heteroatoms. The minimum Gasteiger partial charge on any atom is -0.486 e. The monoisotopic (exact) mass is 354 g/mol. The number of nitrogens with one attached hydrogen (secondary N) is 1. The highest BCUT2D eigenvalue weighted by Gasteiger charge is 2.09. The van der Waals surface area contributed by atoms with Gasteiger partial charge in [0.1, 0.15) is 12.4 Å². The Balaban J connectivity index is 1.83. The van der Waals surface area contributed by atoms with Crippen LogP contribution in [0.3, 0.4) is 0 Å². The predicted molar refractivity (Wildman–Crippen MR) is 94.6 cm³/mol. The van der Waals surface area contributed by atoms with E-state index in [1.807, 2.05) is 30.3 Å². The second-order valence-electron chi connectivity index (χ2n) is 5.00. The van der Waals surface area contributed by atoms with E-state index in [-0.39, 0.29) is 16.9 Å². The Kier molecular flexibility index (Phi) is 5.00. The van der Waals surface area contributed by atoms with E-state index in [1.54, 1.807) is 18.2 Å². The number of carboxylic acid groups (broad SMARTS) is 1. The van der Waals surface area contributed by atoms with Gasteiger partial charge in [0.15, 0.2) is 5.82 Å². The number of nitrogens with zero attached hydrogens (tertiary/aromatic N) is 3. The van der Waals surface area contributed by atoms with Crippen LogP contribution >= 0.6 is 12.2 Å². The highest BCUT2D eigenvalue weighted by atomic mass is 32.1. The van der Waals surface area contributed by atoms with E-state index in [0.29, 0.717) is 17.1 Å². The molecule has 0 bridgehead atoms. The summed E-state index contributed by atoms with van der Waals surface area (Å²) in [5.74, 6) is 0.145. The standard InChI is InChI=1S/C17H14N4O3S/c22-16(23)14-9-5-4-6-12(14)10-18-21-15(19-20-17(21)25)11-24-13-7-2-1-3-8-13/h1-10H,11H2,(H,20,25)(H,22,23)/b18-10+. The summed E-state index contributed by atoms with van der Waals surface area (Å²) in [5, 5.41) is 20.2. The number of H-pyrrole nitrogens is 1. The van der Waals surface area contributed by atoms with Crippen molar-refractivity contribution < 1.29 is 14.6 Å². The molecule has 0 atom stereocenters. The van der Waals surface area contributed by atoms with Gasteiger partial charge in [0.25, 0.3) is 0 Å². The van der Waals surface area contributed by atoms with Crippen molar-refractivity contribution in [2.45, 2.75) is 6.61 Å². The highest BCUT2D eigenvalue weighted by molar-refractivity contribution is 7.71. The van der Waals surface area contributed by atoms with Gasteiger partial charge in [0, 0.05) is 5.56 Å². The minimum absolute atomic E-state index is 0.156. The second-order valence-corrected chi connectivity index (χ2v) is 5.38. The molecule has 0 amide bonds. The molecule has 0 aliphatic rings. The van der Waals surface area contributed by atoms with E-state index in [1.165, 1.54) is 17.0 Å². The SMILES string of the molecule is O=C(O)c1ccccc1/C=N/n1c(COc2ccccc2)n[nH]c1=S. The van der Waals surface area contributed by atoms with Gasteiger partial charge in [0.05, 0.1) is 11.8 Å². The summed E-state index contributed by atoms with van der Waals surface area (Å²) in [7, 11) is 0. The third-order valence-corrected chi connectivity index (χ3v) is 3.60. The predicted octanol–water partition coefficient (Wildman–Crippen LogP) is 3.10. The minimum atomic E-state index is -1.02. The van der Waals surface area contributed by atoms with Gasteiger partial charge in [-0.1, -0.05) is 36.4 Å². The van der Waals surface area contributed by atoms with Crippen molar-refractivity contribution >= 4 is 24.4 Å². The number of aromatic carboxylic acids is 1. The topological polar surface area (TPSA) is 92.5 Å². The number of aromatic nitrogens is 3. The van der Waals surface area contributed by atoms with E-state index in [2.05, 4.69) is 15.3 Å². The first-order valence-electron chi connectivity index (χ1n) is 7.36. The number of rotatable bonds is 6. The van der Waals surface area contributed by atoms with Crippen LogP contribution in [-0.4, -0.2) is 32.2 Å². The zero-order valence-electron chi connectivity index (χ0n) is 13.0. The van der Waals surface area contributed by atoms with Gasteiger partial charge in [-0.05, 0) is 30.4 Å². The van der Waals surface area contributed by atoms with Crippen LogP contribution in [0, 0.1) is 4.77 Å². The molecule has 126 valence electrons. The lowest BCUT2D eigenvalue weighted by atomic mass is 10.1. The van der Waals surface area contributed by atoms with Crippen LogP contribution in [0.4, 0.5) is 0 Å². The molecule has 3 aromatic rings. The number of ether oxygens (including phenoxy) is 1. The molecule has 0 radical (unpaired) electrons. The Morgan fingerprint density at radius 1 is 1.24 bits per heavy atom. The third kappa shape index (κ3) is 3.99. The van der Waals surface area contributed by atoms with Crippen LogP contribution < -0.4 is 4.74 Å². The molecular weight excluding hydrogens is 340 g/mol. The maximum absolute atomic E-state index is 11.2. The lowest BCUT2D eigenvalue weighted by Crippen LogP contribution is -2.05. The number of para-hydroxylation sites is 1. The number of carbonyl (C=O) groups is 1. The summed E-state index contributed by atoms with van der Waals surface area (Å²) in [6.45, 7) is 0.162. The van der Waals surface area contributed by atoms with Crippen LogP contribution in [0.25, 0.3) is 0 Å². The van der Waals surface area contributed by atoms with Crippen LogP contribution in [-0.2, 0) is 6.61 Å². The molecule has 1 heterocycles. The van der Waals surface area contributed by atoms with Gasteiger partial charge >= 0.3 is 5.97 Å². The van der Waals surface area contributed by atoms with Crippen LogP contribution in [0.5, 0.6) is 5.75 Å². The molecule has 3 rings (SSSR count).